The van der Waals surface area contributed by atoms with Gasteiger partial charge in [-0.25, -0.2) is 0 Å². The molecular formula is C46H29NO2. The molecule has 0 aliphatic carbocycles. The first kappa shape index (κ1) is 27.5. The summed E-state index contributed by atoms with van der Waals surface area (Å²) in [5.41, 5.74) is 11.2. The molecule has 0 amide bonds. The van der Waals surface area contributed by atoms with Gasteiger partial charge in [-0.1, -0.05) is 127 Å². The van der Waals surface area contributed by atoms with Crippen LogP contribution >= 0.6 is 0 Å². The number of fused-ring (bicyclic) bond motifs is 7. The van der Waals surface area contributed by atoms with E-state index in [1.54, 1.807) is 0 Å². The van der Waals surface area contributed by atoms with E-state index in [1.165, 1.54) is 10.8 Å². The Morgan fingerprint density at radius 3 is 1.86 bits per heavy atom. The molecule has 0 saturated carbocycles. The van der Waals surface area contributed by atoms with Crippen LogP contribution in [0.1, 0.15) is 0 Å². The first-order chi connectivity index (χ1) is 24.3. The minimum absolute atomic E-state index is 0.856. The summed E-state index contributed by atoms with van der Waals surface area (Å²) in [6.07, 6.45) is 0. The van der Waals surface area contributed by atoms with E-state index in [0.29, 0.717) is 0 Å². The molecule has 0 N–H and O–H groups in total. The third kappa shape index (κ3) is 4.44. The summed E-state index contributed by atoms with van der Waals surface area (Å²) in [5.74, 6) is 0. The van der Waals surface area contributed by atoms with Gasteiger partial charge < -0.3 is 13.7 Å². The molecule has 0 fully saturated rings. The summed E-state index contributed by atoms with van der Waals surface area (Å²) in [6, 6.07) is 62.0. The minimum Gasteiger partial charge on any atom is -0.456 e. The molecule has 0 spiro atoms. The number of hydrogen-bond acceptors (Lipinski definition) is 3. The van der Waals surface area contributed by atoms with Crippen LogP contribution in [0.15, 0.2) is 185 Å². The molecule has 0 aliphatic heterocycles. The van der Waals surface area contributed by atoms with Gasteiger partial charge in [0.05, 0.1) is 11.4 Å². The molecule has 3 nitrogen and oxygen atoms in total. The zero-order chi connectivity index (χ0) is 32.3. The van der Waals surface area contributed by atoms with Crippen molar-refractivity contribution in [3.8, 4) is 22.3 Å². The van der Waals surface area contributed by atoms with Crippen molar-refractivity contribution >= 4 is 71.7 Å². The van der Waals surface area contributed by atoms with Gasteiger partial charge in [0.15, 0.2) is 5.58 Å². The monoisotopic (exact) mass is 627 g/mol. The average Bonchev–Trinajstić information content (AvgIpc) is 3.75. The number of nitrogens with zero attached hydrogens (tertiary/aromatic N) is 1. The van der Waals surface area contributed by atoms with Crippen LogP contribution in [0.4, 0.5) is 17.1 Å². The zero-order valence-electron chi connectivity index (χ0n) is 26.5. The van der Waals surface area contributed by atoms with Crippen molar-refractivity contribution in [2.45, 2.75) is 0 Å². The Hall–Kier alpha value is -6.58. The lowest BCUT2D eigenvalue weighted by Gasteiger charge is -2.27. The Morgan fingerprint density at radius 2 is 1.02 bits per heavy atom. The molecule has 8 aromatic carbocycles. The Morgan fingerprint density at radius 1 is 0.367 bits per heavy atom. The predicted octanol–water partition coefficient (Wildman–Crippen LogP) is 13.4. The van der Waals surface area contributed by atoms with E-state index in [4.69, 9.17) is 8.83 Å². The van der Waals surface area contributed by atoms with Gasteiger partial charge >= 0.3 is 0 Å². The Bertz CT molecular complexity index is 2820. The normalized spacial score (nSPS) is 11.7. The third-order valence-corrected chi connectivity index (χ3v) is 9.68. The lowest BCUT2D eigenvalue weighted by molar-refractivity contribution is 0.668. The standard InChI is InChI=1S/C46H29NO2/c1-2-11-32(12-3-1)36-27-28-41(46-45(36)39-17-7-9-20-43(39)49-46)47(40-18-10-14-31-13-4-5-15-35(31)40)34-24-21-30(22-25-34)33-23-26-38-37-16-6-8-19-42(37)48-44(38)29-33/h1-29H. The number of para-hydroxylation sites is 2. The fourth-order valence-electron chi connectivity index (χ4n) is 7.37. The molecule has 10 rings (SSSR count). The second-order valence-corrected chi connectivity index (χ2v) is 12.5. The Balaban J connectivity index is 1.18. The molecular weight excluding hydrogens is 599 g/mol. The predicted molar refractivity (Wildman–Crippen MR) is 204 cm³/mol. The molecule has 230 valence electrons. The number of hydrogen-bond donors (Lipinski definition) is 0. The maximum atomic E-state index is 6.79. The summed E-state index contributed by atoms with van der Waals surface area (Å²) in [4.78, 5) is 2.34. The maximum absolute atomic E-state index is 6.79. The smallest absolute Gasteiger partial charge is 0.160 e. The van der Waals surface area contributed by atoms with E-state index >= 15 is 0 Å². The van der Waals surface area contributed by atoms with Gasteiger partial charge in [0.25, 0.3) is 0 Å². The highest BCUT2D eigenvalue weighted by Gasteiger charge is 2.23. The molecule has 0 saturated heterocycles. The first-order valence-electron chi connectivity index (χ1n) is 16.6. The van der Waals surface area contributed by atoms with Crippen LogP contribution in [0, 0.1) is 0 Å². The molecule has 3 heteroatoms. The van der Waals surface area contributed by atoms with Crippen LogP contribution < -0.4 is 4.90 Å². The lowest BCUT2D eigenvalue weighted by Crippen LogP contribution is -2.11. The zero-order valence-corrected chi connectivity index (χ0v) is 26.5. The fourth-order valence-corrected chi connectivity index (χ4v) is 7.37. The van der Waals surface area contributed by atoms with Crippen molar-refractivity contribution in [2.75, 3.05) is 4.90 Å². The molecule has 10 aromatic rings. The average molecular weight is 628 g/mol. The van der Waals surface area contributed by atoms with Crippen LogP contribution in [-0.2, 0) is 0 Å². The Kier molecular flexibility index (Phi) is 6.18. The van der Waals surface area contributed by atoms with E-state index < -0.39 is 0 Å². The summed E-state index contributed by atoms with van der Waals surface area (Å²) in [6.45, 7) is 0. The highest BCUT2D eigenvalue weighted by Crippen LogP contribution is 2.47. The van der Waals surface area contributed by atoms with E-state index in [9.17, 15) is 0 Å². The van der Waals surface area contributed by atoms with Gasteiger partial charge in [0.2, 0.25) is 0 Å². The van der Waals surface area contributed by atoms with Crippen molar-refractivity contribution in [3.05, 3.63) is 176 Å². The van der Waals surface area contributed by atoms with Crippen LogP contribution in [0.2, 0.25) is 0 Å². The summed E-state index contributed by atoms with van der Waals surface area (Å²) >= 11 is 0. The molecule has 2 heterocycles. The van der Waals surface area contributed by atoms with Crippen LogP contribution in [0.5, 0.6) is 0 Å². The molecule has 2 aromatic heterocycles. The number of rotatable bonds is 5. The number of furan rings is 2. The van der Waals surface area contributed by atoms with Gasteiger partial charge in [0.1, 0.15) is 16.7 Å². The fraction of sp³-hybridized carbons (Fsp3) is 0. The SMILES string of the molecule is c1ccc(-c2ccc(N(c3ccc(-c4ccc5c(c4)oc4ccccc45)cc3)c3cccc4ccccc34)c3oc4ccccc4c23)cc1. The molecule has 49 heavy (non-hydrogen) atoms. The van der Waals surface area contributed by atoms with Gasteiger partial charge in [-0.3, -0.25) is 0 Å². The first-order valence-corrected chi connectivity index (χ1v) is 16.6. The van der Waals surface area contributed by atoms with E-state index in [2.05, 4.69) is 163 Å². The molecule has 0 atom stereocenters. The number of benzene rings is 8. The van der Waals surface area contributed by atoms with Gasteiger partial charge in [-0.15, -0.1) is 0 Å². The molecule has 0 radical (unpaired) electrons. The number of anilines is 3. The topological polar surface area (TPSA) is 29.5 Å². The molecule has 0 aliphatic rings. The van der Waals surface area contributed by atoms with Gasteiger partial charge in [-0.2, -0.15) is 0 Å². The van der Waals surface area contributed by atoms with Crippen molar-refractivity contribution in [3.63, 3.8) is 0 Å². The van der Waals surface area contributed by atoms with Crippen LogP contribution in [0.3, 0.4) is 0 Å². The molecule has 0 bridgehead atoms. The van der Waals surface area contributed by atoms with Crippen molar-refractivity contribution < 1.29 is 8.83 Å². The largest absolute Gasteiger partial charge is 0.456 e. The van der Waals surface area contributed by atoms with Gasteiger partial charge in [-0.05, 0) is 76.2 Å². The molecule has 0 unspecified atom stereocenters. The second kappa shape index (κ2) is 11.0. The van der Waals surface area contributed by atoms with E-state index in [-0.39, 0.29) is 0 Å². The highest BCUT2D eigenvalue weighted by atomic mass is 16.3. The van der Waals surface area contributed by atoms with E-state index in [1.807, 2.05) is 18.2 Å². The third-order valence-electron chi connectivity index (χ3n) is 9.68. The summed E-state index contributed by atoms with van der Waals surface area (Å²) < 4.78 is 13.0. The van der Waals surface area contributed by atoms with Crippen molar-refractivity contribution in [1.82, 2.24) is 0 Å². The van der Waals surface area contributed by atoms with Crippen LogP contribution in [-0.4, -0.2) is 0 Å². The lowest BCUT2D eigenvalue weighted by atomic mass is 9.97. The van der Waals surface area contributed by atoms with Gasteiger partial charge in [0, 0.05) is 32.6 Å². The highest BCUT2D eigenvalue weighted by molar-refractivity contribution is 6.17. The minimum atomic E-state index is 0.856. The second-order valence-electron chi connectivity index (χ2n) is 12.5. The van der Waals surface area contributed by atoms with Crippen LogP contribution in [0.25, 0.3) is 76.9 Å². The summed E-state index contributed by atoms with van der Waals surface area (Å²) in [5, 5.41) is 6.84. The van der Waals surface area contributed by atoms with Crippen molar-refractivity contribution in [2.24, 2.45) is 0 Å². The maximum Gasteiger partial charge on any atom is 0.160 e. The Labute approximate surface area is 282 Å². The quantitative estimate of drug-likeness (QED) is 0.190. The summed E-state index contributed by atoms with van der Waals surface area (Å²) in [7, 11) is 0. The van der Waals surface area contributed by atoms with Crippen molar-refractivity contribution in [1.29, 1.82) is 0 Å². The van der Waals surface area contributed by atoms with E-state index in [0.717, 1.165) is 83.2 Å².